The smallest absolute Gasteiger partial charge is 0.464 e. The van der Waals surface area contributed by atoms with Crippen LogP contribution >= 0.6 is 0 Å². The van der Waals surface area contributed by atoms with E-state index in [2.05, 4.69) is 5.32 Å². The second kappa shape index (κ2) is 11.9. The van der Waals surface area contributed by atoms with E-state index in [1.165, 1.54) is 30.3 Å². The Balaban J connectivity index is 1.70. The Hall–Kier alpha value is -2.70. The topological polar surface area (TPSA) is 126 Å². The highest BCUT2D eigenvalue weighted by Crippen LogP contribution is 2.38. The first-order valence-electron chi connectivity index (χ1n) is 14.8. The Kier molecular flexibility index (Phi) is 9.25. The lowest BCUT2D eigenvalue weighted by Crippen LogP contribution is -2.41. The molecule has 10 nitrogen and oxygen atoms in total. The second-order valence-corrected chi connectivity index (χ2v) is 15.8. The minimum Gasteiger partial charge on any atom is -0.464 e. The molecule has 0 aromatic heterocycles. The Morgan fingerprint density at radius 1 is 0.773 bits per heavy atom. The highest BCUT2D eigenvalue weighted by molar-refractivity contribution is 7.91. The highest BCUT2D eigenvalue weighted by atomic mass is 32.2. The van der Waals surface area contributed by atoms with E-state index in [1.54, 1.807) is 12.1 Å². The maximum Gasteiger partial charge on any atom is 0.494 e. The zero-order valence-electron chi connectivity index (χ0n) is 27.3. The molecule has 1 N–H and O–H groups in total. The first-order valence-corrected chi connectivity index (χ1v) is 16.3. The van der Waals surface area contributed by atoms with Crippen LogP contribution in [0.5, 0.6) is 0 Å². The van der Waals surface area contributed by atoms with Gasteiger partial charge in [0.2, 0.25) is 9.84 Å². The van der Waals surface area contributed by atoms with Gasteiger partial charge in [-0.25, -0.2) is 8.42 Å². The molecule has 4 rings (SSSR count). The molecule has 0 bridgehead atoms. The average Bonchev–Trinajstić information content (AvgIpc) is 3.29. The molecule has 0 saturated carbocycles. The Bertz CT molecular complexity index is 1500. The number of carbonyl (C=O) groups excluding carboxylic acids is 2. The van der Waals surface area contributed by atoms with Crippen molar-refractivity contribution < 1.29 is 41.4 Å². The molecule has 0 atom stereocenters. The largest absolute Gasteiger partial charge is 0.494 e. The number of hydrogen-bond donors (Lipinski definition) is 1. The van der Waals surface area contributed by atoms with Gasteiger partial charge in [-0.3, -0.25) is 9.59 Å². The molecule has 0 radical (unpaired) electrons. The van der Waals surface area contributed by atoms with Gasteiger partial charge in [0.1, 0.15) is 6.54 Å². The average molecular weight is 627 g/mol. The van der Waals surface area contributed by atoms with Crippen molar-refractivity contribution in [3.05, 3.63) is 48.0 Å². The number of hydrogen-bond acceptors (Lipinski definition) is 9. The Morgan fingerprint density at radius 3 is 1.80 bits per heavy atom. The summed E-state index contributed by atoms with van der Waals surface area (Å²) in [6.45, 7) is 18.9. The van der Waals surface area contributed by atoms with Crippen molar-refractivity contribution in [2.75, 3.05) is 13.2 Å². The molecule has 0 unspecified atom stereocenters. The van der Waals surface area contributed by atoms with Crippen molar-refractivity contribution in [2.45, 2.75) is 101 Å². The zero-order chi connectivity index (χ0) is 32.9. The van der Waals surface area contributed by atoms with Crippen molar-refractivity contribution in [1.29, 1.82) is 0 Å². The van der Waals surface area contributed by atoms with Gasteiger partial charge in [0.15, 0.2) is 0 Å². The SMILES string of the molecule is CC(C)COC(=O)CNC(=O)c1cc(B2OC(C)(C)C(C)(C)O2)cc(S(=O)(=O)c2cccc(B3OC(C)(C)C(C)(C)O3)c2)c1. The molecular formula is C31H43B2NO9S. The third kappa shape index (κ3) is 6.92. The standard InChI is InChI=1S/C31H43B2NO9S/c1-20(2)19-39-26(35)18-34-27(36)21-14-23(33-42-30(7,8)31(9,10)43-33)17-25(15-21)44(37,38)24-13-11-12-22(16-24)32-40-28(3,4)29(5,6)41-32/h11-17,20H,18-19H2,1-10H3,(H,34,36). The van der Waals surface area contributed by atoms with E-state index in [0.717, 1.165) is 0 Å². The third-order valence-corrected chi connectivity index (χ3v) is 10.4. The van der Waals surface area contributed by atoms with Crippen molar-refractivity contribution in [1.82, 2.24) is 5.32 Å². The molecular weight excluding hydrogens is 584 g/mol. The number of rotatable bonds is 9. The lowest BCUT2D eigenvalue weighted by molar-refractivity contribution is -0.143. The number of ether oxygens (including phenoxy) is 1. The molecule has 2 aromatic carbocycles. The van der Waals surface area contributed by atoms with Crippen LogP contribution in [0, 0.1) is 5.92 Å². The molecule has 2 fully saturated rings. The van der Waals surface area contributed by atoms with E-state index in [0.29, 0.717) is 10.9 Å². The molecule has 44 heavy (non-hydrogen) atoms. The maximum absolute atomic E-state index is 14.1. The number of sulfone groups is 1. The van der Waals surface area contributed by atoms with E-state index in [1.807, 2.05) is 69.2 Å². The summed E-state index contributed by atoms with van der Waals surface area (Å²) < 4.78 is 58.0. The van der Waals surface area contributed by atoms with Gasteiger partial charge in [-0.2, -0.15) is 0 Å². The summed E-state index contributed by atoms with van der Waals surface area (Å²) in [4.78, 5) is 25.3. The minimum atomic E-state index is -4.16. The normalized spacial score (nSPS) is 20.2. The van der Waals surface area contributed by atoms with E-state index in [-0.39, 0.29) is 34.4 Å². The van der Waals surface area contributed by atoms with Crippen LogP contribution < -0.4 is 16.2 Å². The van der Waals surface area contributed by atoms with Gasteiger partial charge in [0.25, 0.3) is 5.91 Å². The van der Waals surface area contributed by atoms with Gasteiger partial charge in [-0.15, -0.1) is 0 Å². The van der Waals surface area contributed by atoms with Gasteiger partial charge < -0.3 is 28.7 Å². The molecule has 2 aromatic rings. The van der Waals surface area contributed by atoms with Gasteiger partial charge >= 0.3 is 20.2 Å². The van der Waals surface area contributed by atoms with Crippen molar-refractivity contribution in [3.63, 3.8) is 0 Å². The van der Waals surface area contributed by atoms with E-state index < -0.39 is 58.4 Å². The van der Waals surface area contributed by atoms with Crippen LogP contribution in [0.3, 0.4) is 0 Å². The van der Waals surface area contributed by atoms with Crippen LogP contribution in [0.25, 0.3) is 0 Å². The van der Waals surface area contributed by atoms with Crippen molar-refractivity contribution >= 4 is 46.9 Å². The Labute approximate surface area is 261 Å². The lowest BCUT2D eigenvalue weighted by Gasteiger charge is -2.32. The summed E-state index contributed by atoms with van der Waals surface area (Å²) in [6, 6.07) is 10.6. The summed E-state index contributed by atoms with van der Waals surface area (Å²) in [6.07, 6.45) is 0. The van der Waals surface area contributed by atoms with Gasteiger partial charge in [-0.1, -0.05) is 26.0 Å². The van der Waals surface area contributed by atoms with Gasteiger partial charge in [0.05, 0.1) is 38.8 Å². The van der Waals surface area contributed by atoms with Crippen LogP contribution in [0.4, 0.5) is 0 Å². The van der Waals surface area contributed by atoms with Crippen LogP contribution in [0.1, 0.15) is 79.6 Å². The molecule has 2 heterocycles. The predicted molar refractivity (Wildman–Crippen MR) is 168 cm³/mol. The molecule has 0 spiro atoms. The van der Waals surface area contributed by atoms with Crippen molar-refractivity contribution in [3.8, 4) is 0 Å². The molecule has 1 amide bonds. The zero-order valence-corrected chi connectivity index (χ0v) is 28.1. The lowest BCUT2D eigenvalue weighted by atomic mass is 9.78. The predicted octanol–water partition coefficient (Wildman–Crippen LogP) is 3.05. The number of amides is 1. The summed E-state index contributed by atoms with van der Waals surface area (Å²) in [5.74, 6) is -1.10. The van der Waals surface area contributed by atoms with Crippen molar-refractivity contribution in [2.24, 2.45) is 5.92 Å². The second-order valence-electron chi connectivity index (χ2n) is 13.8. The molecule has 13 heteroatoms. The van der Waals surface area contributed by atoms with Crippen LogP contribution in [-0.2, 0) is 38.0 Å². The fourth-order valence-electron chi connectivity index (χ4n) is 4.53. The molecule has 0 aliphatic carbocycles. The number of nitrogens with one attached hydrogen (secondary N) is 1. The quantitative estimate of drug-likeness (QED) is 0.330. The number of esters is 1. The summed E-state index contributed by atoms with van der Waals surface area (Å²) in [5.41, 5.74) is -1.70. The fourth-order valence-corrected chi connectivity index (χ4v) is 5.93. The molecule has 2 saturated heterocycles. The van der Waals surface area contributed by atoms with E-state index in [9.17, 15) is 18.0 Å². The first-order chi connectivity index (χ1) is 20.1. The fraction of sp³-hybridized carbons (Fsp3) is 0.548. The number of benzene rings is 2. The molecule has 238 valence electrons. The van der Waals surface area contributed by atoms with E-state index in [4.69, 9.17) is 23.4 Å². The summed E-state index contributed by atoms with van der Waals surface area (Å²) in [5, 5.41) is 2.53. The molecule has 2 aliphatic rings. The summed E-state index contributed by atoms with van der Waals surface area (Å²) in [7, 11) is -5.85. The van der Waals surface area contributed by atoms with E-state index >= 15 is 0 Å². The van der Waals surface area contributed by atoms with Gasteiger partial charge in [0, 0.05) is 5.56 Å². The minimum absolute atomic E-state index is 0.000554. The van der Waals surface area contributed by atoms with Gasteiger partial charge in [-0.05, 0) is 103 Å². The monoisotopic (exact) mass is 627 g/mol. The van der Waals surface area contributed by atoms with Crippen LogP contribution in [-0.4, -0.2) is 70.1 Å². The summed E-state index contributed by atoms with van der Waals surface area (Å²) >= 11 is 0. The highest BCUT2D eigenvalue weighted by Gasteiger charge is 2.53. The van der Waals surface area contributed by atoms with Crippen LogP contribution in [0.15, 0.2) is 52.3 Å². The third-order valence-electron chi connectivity index (χ3n) is 8.69. The Morgan fingerprint density at radius 2 is 1.27 bits per heavy atom. The molecule has 2 aliphatic heterocycles. The maximum atomic E-state index is 14.1. The van der Waals surface area contributed by atoms with Crippen LogP contribution in [0.2, 0.25) is 0 Å². The number of carbonyl (C=O) groups is 2. The first kappa shape index (κ1) is 34.2.